The lowest BCUT2D eigenvalue weighted by Crippen LogP contribution is -2.26. The molecule has 3 aromatic carbocycles. The Morgan fingerprint density at radius 1 is 0.327 bits per heavy atom. The summed E-state index contributed by atoms with van der Waals surface area (Å²) in [7, 11) is 0. The van der Waals surface area contributed by atoms with Gasteiger partial charge in [-0.3, -0.25) is 0 Å². The maximum absolute atomic E-state index is 14.9. The van der Waals surface area contributed by atoms with Gasteiger partial charge in [0.2, 0.25) is 69.8 Å². The predicted octanol–water partition coefficient (Wildman–Crippen LogP) is 10.1. The molecule has 18 heteroatoms. The molecule has 5 rings (SSSR count). The zero-order valence-corrected chi connectivity index (χ0v) is 26.7. The molecule has 0 N–H and O–H groups in total. The summed E-state index contributed by atoms with van der Waals surface area (Å²) in [4.78, 5) is 0. The van der Waals surface area contributed by atoms with E-state index >= 15 is 0 Å². The minimum absolute atomic E-state index is 0.200. The lowest BCUT2D eigenvalue weighted by Gasteiger charge is -2.29. The van der Waals surface area contributed by atoms with Gasteiger partial charge >= 0.3 is 0 Å². The molecule has 0 saturated heterocycles. The van der Waals surface area contributed by atoms with Crippen LogP contribution in [0.4, 0.5) is 61.5 Å². The number of ether oxygens (including phenoxy) is 4. The molecule has 2 fully saturated rings. The number of halogens is 14. The Morgan fingerprint density at radius 2 is 0.577 bits per heavy atom. The summed E-state index contributed by atoms with van der Waals surface area (Å²) in [5.74, 6) is -34.2. The van der Waals surface area contributed by atoms with Gasteiger partial charge in [0.15, 0.2) is 28.9 Å². The summed E-state index contributed by atoms with van der Waals surface area (Å²) >= 11 is 0. The monoisotopic (exact) mass is 766 g/mol. The van der Waals surface area contributed by atoms with Crippen molar-refractivity contribution in [1.29, 1.82) is 0 Å². The van der Waals surface area contributed by atoms with Crippen molar-refractivity contribution in [3.63, 3.8) is 0 Å². The van der Waals surface area contributed by atoms with Crippen LogP contribution in [0.25, 0.3) is 0 Å². The maximum atomic E-state index is 14.9. The third-order valence-electron chi connectivity index (χ3n) is 9.27. The summed E-state index contributed by atoms with van der Waals surface area (Å²) in [5, 5.41) is 0. The highest BCUT2D eigenvalue weighted by Gasteiger charge is 2.33. The molecule has 52 heavy (non-hydrogen) atoms. The largest absolute Gasteiger partial charge is 0.487 e. The summed E-state index contributed by atoms with van der Waals surface area (Å²) in [6, 6.07) is 0. The van der Waals surface area contributed by atoms with E-state index in [1.54, 1.807) is 0 Å². The van der Waals surface area contributed by atoms with Gasteiger partial charge in [-0.1, -0.05) is 0 Å². The fourth-order valence-electron chi connectivity index (χ4n) is 6.17. The van der Waals surface area contributed by atoms with Crippen molar-refractivity contribution in [2.24, 2.45) is 17.8 Å². The highest BCUT2D eigenvalue weighted by molar-refractivity contribution is 5.34. The fraction of sp³-hybridized carbons (Fsp3) is 0.471. The molecule has 0 spiro atoms. The normalized spacial score (nSPS) is 20.7. The Labute approximate surface area is 286 Å². The zero-order chi connectivity index (χ0) is 38.0. The van der Waals surface area contributed by atoms with E-state index in [0.29, 0.717) is 25.7 Å². The molecule has 2 aliphatic rings. The van der Waals surface area contributed by atoms with Crippen molar-refractivity contribution < 1.29 is 80.4 Å². The van der Waals surface area contributed by atoms with E-state index in [0.717, 1.165) is 0 Å². The van der Waals surface area contributed by atoms with Crippen LogP contribution < -0.4 is 14.2 Å². The molecule has 0 amide bonds. The summed E-state index contributed by atoms with van der Waals surface area (Å²) < 4.78 is 215. The molecular formula is C34H28F14O4. The molecular weight excluding hydrogens is 738 g/mol. The van der Waals surface area contributed by atoms with Gasteiger partial charge in [-0.25, -0.2) is 35.1 Å². The minimum Gasteiger partial charge on any atom is -0.487 e. The molecule has 3 aromatic rings. The van der Waals surface area contributed by atoms with Gasteiger partial charge in [0.05, 0.1) is 38.1 Å². The fourth-order valence-corrected chi connectivity index (χ4v) is 6.17. The van der Waals surface area contributed by atoms with Crippen molar-refractivity contribution in [2.45, 2.75) is 64.1 Å². The lowest BCUT2D eigenvalue weighted by molar-refractivity contribution is -0.000699. The first kappa shape index (κ1) is 39.3. The van der Waals surface area contributed by atoms with Crippen LogP contribution in [-0.4, -0.2) is 25.9 Å². The van der Waals surface area contributed by atoms with Gasteiger partial charge in [0.25, 0.3) is 0 Å². The van der Waals surface area contributed by atoms with Crippen LogP contribution in [0.3, 0.4) is 0 Å². The van der Waals surface area contributed by atoms with Crippen LogP contribution in [0.1, 0.15) is 56.9 Å². The molecule has 0 unspecified atom stereocenters. The summed E-state index contributed by atoms with van der Waals surface area (Å²) in [5.41, 5.74) is -1.05. The van der Waals surface area contributed by atoms with E-state index in [-0.39, 0.29) is 44.1 Å². The molecule has 0 atom stereocenters. The minimum atomic E-state index is -2.33. The van der Waals surface area contributed by atoms with E-state index in [9.17, 15) is 61.5 Å². The van der Waals surface area contributed by atoms with Crippen LogP contribution in [0.15, 0.2) is 0 Å². The highest BCUT2D eigenvalue weighted by atomic mass is 19.2. The maximum Gasteiger partial charge on any atom is 0.206 e. The number of benzene rings is 3. The van der Waals surface area contributed by atoms with E-state index in [1.165, 1.54) is 0 Å². The molecule has 0 bridgehead atoms. The Hall–Kier alpha value is -3.96. The Morgan fingerprint density at radius 3 is 0.885 bits per heavy atom. The van der Waals surface area contributed by atoms with Gasteiger partial charge in [-0.2, -0.15) is 26.3 Å². The number of rotatable bonds is 12. The van der Waals surface area contributed by atoms with Crippen LogP contribution in [0.2, 0.25) is 0 Å². The molecule has 0 aliphatic heterocycles. The average Bonchev–Trinajstić information content (AvgIpc) is 3.14. The Kier molecular flexibility index (Phi) is 12.4. The predicted molar refractivity (Wildman–Crippen MR) is 151 cm³/mol. The van der Waals surface area contributed by atoms with Gasteiger partial charge in [-0.05, 0) is 69.1 Å². The first-order chi connectivity index (χ1) is 24.6. The smallest absolute Gasteiger partial charge is 0.206 e. The third-order valence-corrected chi connectivity index (χ3v) is 9.27. The van der Waals surface area contributed by atoms with E-state index < -0.39 is 136 Å². The molecule has 0 aromatic heterocycles. The SMILES string of the molecule is Fc1c(F)c(F)c(OCC2CCC(COc3c(F)c(F)c(COC4CCC(COc5c(F)c(F)c(F)c(F)c5F)CC4)c(F)c3F)CC2)c(F)c1F. The van der Waals surface area contributed by atoms with Gasteiger partial charge < -0.3 is 18.9 Å². The van der Waals surface area contributed by atoms with Crippen molar-refractivity contribution >= 4 is 0 Å². The standard InChI is InChI=1S/C34H28F14O4/c35-18-17(12-49-16-7-5-15(6-8-16)11-52-34-30(47)24(41)21(38)25(42)31(34)48)19(36)27(44)32(26(18)43)50-9-13-1-3-14(4-2-13)10-51-33-28(45)22(39)20(37)23(40)29(33)46/h13-16H,1-12H2. The lowest BCUT2D eigenvalue weighted by atomic mass is 9.83. The van der Waals surface area contributed by atoms with Gasteiger partial charge in [0, 0.05) is 0 Å². The van der Waals surface area contributed by atoms with Crippen molar-refractivity contribution in [3.05, 3.63) is 87.0 Å². The summed E-state index contributed by atoms with van der Waals surface area (Å²) in [6.45, 7) is -2.05. The number of hydrogen-bond donors (Lipinski definition) is 0. The molecule has 0 heterocycles. The molecule has 0 radical (unpaired) electrons. The van der Waals surface area contributed by atoms with Crippen LogP contribution in [-0.2, 0) is 11.3 Å². The highest BCUT2D eigenvalue weighted by Crippen LogP contribution is 2.37. The second-order valence-electron chi connectivity index (χ2n) is 12.6. The van der Waals surface area contributed by atoms with Crippen LogP contribution in [0, 0.1) is 99.2 Å². The second-order valence-corrected chi connectivity index (χ2v) is 12.6. The Balaban J connectivity index is 1.08. The van der Waals surface area contributed by atoms with Crippen LogP contribution >= 0.6 is 0 Å². The van der Waals surface area contributed by atoms with Gasteiger partial charge in [-0.15, -0.1) is 0 Å². The van der Waals surface area contributed by atoms with Crippen molar-refractivity contribution in [1.82, 2.24) is 0 Å². The molecule has 4 nitrogen and oxygen atoms in total. The van der Waals surface area contributed by atoms with Crippen LogP contribution in [0.5, 0.6) is 17.2 Å². The average molecular weight is 767 g/mol. The Bertz CT molecular complexity index is 1570. The summed E-state index contributed by atoms with van der Waals surface area (Å²) in [6.07, 6.45) is 1.44. The van der Waals surface area contributed by atoms with Crippen molar-refractivity contribution in [3.8, 4) is 17.2 Å². The molecule has 2 saturated carbocycles. The number of hydrogen-bond acceptors (Lipinski definition) is 4. The zero-order valence-electron chi connectivity index (χ0n) is 26.7. The first-order valence-corrected chi connectivity index (χ1v) is 16.0. The molecule has 2 aliphatic carbocycles. The topological polar surface area (TPSA) is 36.9 Å². The van der Waals surface area contributed by atoms with Gasteiger partial charge in [0.1, 0.15) is 0 Å². The quantitative estimate of drug-likeness (QED) is 0.105. The molecule has 286 valence electrons. The first-order valence-electron chi connectivity index (χ1n) is 16.0. The van der Waals surface area contributed by atoms with E-state index in [1.807, 2.05) is 0 Å². The van der Waals surface area contributed by atoms with E-state index in [4.69, 9.17) is 18.9 Å². The van der Waals surface area contributed by atoms with Crippen molar-refractivity contribution in [2.75, 3.05) is 19.8 Å². The van der Waals surface area contributed by atoms with E-state index in [2.05, 4.69) is 0 Å². The third kappa shape index (κ3) is 8.00. The second kappa shape index (κ2) is 16.4.